The van der Waals surface area contributed by atoms with Crippen LogP contribution in [0.2, 0.25) is 0 Å². The maximum atomic E-state index is 12.9. The number of phenolic OH excluding ortho intramolecular Hbond substituents is 1. The van der Waals surface area contributed by atoms with Crippen molar-refractivity contribution in [3.63, 3.8) is 0 Å². The maximum absolute atomic E-state index is 12.9. The molecule has 5 aromatic rings. The summed E-state index contributed by atoms with van der Waals surface area (Å²) in [5.74, 6) is 2.44. The summed E-state index contributed by atoms with van der Waals surface area (Å²) in [5.41, 5.74) is 7.25. The third-order valence-electron chi connectivity index (χ3n) is 12.5. The molecule has 1 aromatic heterocycles. The highest BCUT2D eigenvalue weighted by molar-refractivity contribution is 5.94. The second kappa shape index (κ2) is 21.6. The van der Waals surface area contributed by atoms with E-state index in [1.165, 1.54) is 34.4 Å². The third kappa shape index (κ3) is 11.3. The van der Waals surface area contributed by atoms with Gasteiger partial charge in [-0.15, -0.1) is 0 Å². The monoisotopic (exact) mass is 840 g/mol. The van der Waals surface area contributed by atoms with Crippen LogP contribution in [0.3, 0.4) is 0 Å². The van der Waals surface area contributed by atoms with E-state index >= 15 is 0 Å². The molecule has 0 radical (unpaired) electrons. The van der Waals surface area contributed by atoms with E-state index in [1.807, 2.05) is 24.3 Å². The SMILES string of the molecule is O=C(NCCOCCOCCOCCOCCOc1ccc([C@@H]2c3ccc(O)cc3CC[C@@H]2c2ccccc2)cc1)c1ccnc(N2CCC3(CCN(c4ccccc4)C3)C2)c1. The Morgan fingerprint density at radius 1 is 0.694 bits per heavy atom. The van der Waals surface area contributed by atoms with Gasteiger partial charge in [0.25, 0.3) is 5.91 Å². The molecule has 3 atom stereocenters. The third-order valence-corrected chi connectivity index (χ3v) is 12.5. The average molecular weight is 841 g/mol. The van der Waals surface area contributed by atoms with Gasteiger partial charge in [-0.3, -0.25) is 4.79 Å². The van der Waals surface area contributed by atoms with Crippen molar-refractivity contribution < 1.29 is 33.6 Å². The number of fused-ring (bicyclic) bond motifs is 1. The zero-order valence-corrected chi connectivity index (χ0v) is 35.7. The molecule has 11 heteroatoms. The molecule has 0 saturated carbocycles. The summed E-state index contributed by atoms with van der Waals surface area (Å²) in [5, 5.41) is 13.1. The Labute approximate surface area is 365 Å². The van der Waals surface area contributed by atoms with Crippen LogP contribution in [0.4, 0.5) is 11.5 Å². The van der Waals surface area contributed by atoms with E-state index in [1.54, 1.807) is 18.3 Å². The predicted octanol–water partition coefficient (Wildman–Crippen LogP) is 7.63. The number of aryl methyl sites for hydroxylation is 1. The molecule has 1 aliphatic carbocycles. The highest BCUT2D eigenvalue weighted by Crippen LogP contribution is 2.47. The Bertz CT molecular complexity index is 2160. The van der Waals surface area contributed by atoms with Gasteiger partial charge in [-0.1, -0.05) is 66.7 Å². The molecule has 3 heterocycles. The van der Waals surface area contributed by atoms with Gasteiger partial charge in [0, 0.05) is 61.5 Å². The minimum absolute atomic E-state index is 0.125. The van der Waals surface area contributed by atoms with Gasteiger partial charge in [-0.25, -0.2) is 4.98 Å². The van der Waals surface area contributed by atoms with Gasteiger partial charge in [-0.05, 0) is 102 Å². The summed E-state index contributed by atoms with van der Waals surface area (Å²) >= 11 is 0. The second-order valence-corrected chi connectivity index (χ2v) is 16.6. The maximum Gasteiger partial charge on any atom is 0.251 e. The van der Waals surface area contributed by atoms with Crippen LogP contribution in [0, 0.1) is 5.41 Å². The lowest BCUT2D eigenvalue weighted by Gasteiger charge is -2.34. The lowest BCUT2D eigenvalue weighted by atomic mass is 9.69. The Kier molecular flexibility index (Phi) is 15.0. The van der Waals surface area contributed by atoms with Crippen molar-refractivity contribution in [2.75, 3.05) is 102 Å². The summed E-state index contributed by atoms with van der Waals surface area (Å²) in [6.07, 6.45) is 6.02. The van der Waals surface area contributed by atoms with Gasteiger partial charge in [0.15, 0.2) is 0 Å². The number of nitrogens with one attached hydrogen (secondary N) is 1. The number of anilines is 2. The summed E-state index contributed by atoms with van der Waals surface area (Å²) in [4.78, 5) is 22.4. The lowest BCUT2D eigenvalue weighted by Crippen LogP contribution is -2.31. The van der Waals surface area contributed by atoms with Gasteiger partial charge in [0.1, 0.15) is 23.9 Å². The van der Waals surface area contributed by atoms with Gasteiger partial charge < -0.3 is 43.9 Å². The highest BCUT2D eigenvalue weighted by atomic mass is 16.6. The molecule has 3 aliphatic rings. The van der Waals surface area contributed by atoms with Crippen molar-refractivity contribution in [3.8, 4) is 11.5 Å². The Morgan fingerprint density at radius 3 is 2.06 bits per heavy atom. The second-order valence-electron chi connectivity index (χ2n) is 16.6. The van der Waals surface area contributed by atoms with Crippen LogP contribution in [-0.4, -0.2) is 108 Å². The molecule has 2 aliphatic heterocycles. The first-order valence-corrected chi connectivity index (χ1v) is 22.2. The van der Waals surface area contributed by atoms with E-state index in [4.69, 9.17) is 23.7 Å². The van der Waals surface area contributed by atoms with E-state index in [-0.39, 0.29) is 17.2 Å². The van der Waals surface area contributed by atoms with Crippen LogP contribution < -0.4 is 19.9 Å². The number of carbonyl (C=O) groups excluding carboxylic acids is 1. The minimum atomic E-state index is -0.125. The number of nitrogens with zero attached hydrogens (tertiary/aromatic N) is 3. The number of phenols is 1. The number of hydrogen-bond acceptors (Lipinski definition) is 10. The average Bonchev–Trinajstić information content (AvgIpc) is 3.95. The number of rotatable bonds is 21. The summed E-state index contributed by atoms with van der Waals surface area (Å²) in [6.45, 7) is 8.55. The van der Waals surface area contributed by atoms with E-state index in [2.05, 4.69) is 99.0 Å². The van der Waals surface area contributed by atoms with Crippen molar-refractivity contribution in [2.45, 2.75) is 37.5 Å². The molecule has 0 bridgehead atoms. The molecule has 1 unspecified atom stereocenters. The number of aromatic hydroxyl groups is 1. The molecule has 2 fully saturated rings. The number of aromatic nitrogens is 1. The van der Waals surface area contributed by atoms with Gasteiger partial charge in [-0.2, -0.15) is 0 Å². The van der Waals surface area contributed by atoms with Gasteiger partial charge in [0.05, 0.1) is 52.9 Å². The first-order chi connectivity index (χ1) is 30.5. The standard InChI is InChI=1S/C51H60N4O7/c56-44-14-18-47-41(35-44)13-17-46(39-7-3-1-4-8-39)49(47)40-11-15-45(16-12-40)62-34-33-61-32-31-60-30-29-59-28-27-58-26-23-53-50(57)42-19-22-52-48(36-42)55-25-21-51(38-55)20-24-54(37-51)43-9-5-2-6-10-43/h1-12,14-16,18-19,22,35-36,46,49,56H,13,17,20-21,23-34,37-38H2,(H,53,57)/t46-,49+,51?/m1/s1. The number of ether oxygens (including phenoxy) is 5. The molecule has 62 heavy (non-hydrogen) atoms. The van der Waals surface area contributed by atoms with E-state index in [0.717, 1.165) is 57.0 Å². The van der Waals surface area contributed by atoms with Gasteiger partial charge >= 0.3 is 0 Å². The topological polar surface area (TPSA) is 115 Å². The van der Waals surface area contributed by atoms with Crippen LogP contribution in [0.5, 0.6) is 11.5 Å². The number of carbonyl (C=O) groups is 1. The molecule has 1 amide bonds. The van der Waals surface area contributed by atoms with Crippen molar-refractivity contribution in [1.29, 1.82) is 0 Å². The van der Waals surface area contributed by atoms with Crippen molar-refractivity contribution in [2.24, 2.45) is 5.41 Å². The van der Waals surface area contributed by atoms with Crippen LogP contribution in [-0.2, 0) is 25.4 Å². The predicted molar refractivity (Wildman–Crippen MR) is 242 cm³/mol. The molecule has 4 aromatic carbocycles. The summed E-state index contributed by atoms with van der Waals surface area (Å²) < 4.78 is 28.6. The van der Waals surface area contributed by atoms with Crippen molar-refractivity contribution >= 4 is 17.4 Å². The molecule has 8 rings (SSSR count). The van der Waals surface area contributed by atoms with Gasteiger partial charge in [0.2, 0.25) is 0 Å². The minimum Gasteiger partial charge on any atom is -0.508 e. The van der Waals surface area contributed by atoms with Crippen LogP contribution >= 0.6 is 0 Å². The molecule has 1 spiro atoms. The molecular formula is C51H60N4O7. The smallest absolute Gasteiger partial charge is 0.251 e. The Hall–Kier alpha value is -5.46. The Balaban J connectivity index is 0.637. The zero-order chi connectivity index (χ0) is 42.4. The number of pyridine rings is 1. The molecule has 2 saturated heterocycles. The summed E-state index contributed by atoms with van der Waals surface area (Å²) in [7, 11) is 0. The number of hydrogen-bond donors (Lipinski definition) is 2. The van der Waals surface area contributed by atoms with E-state index in [0.29, 0.717) is 83.2 Å². The normalized spacial score (nSPS) is 19.5. The molecule has 326 valence electrons. The number of para-hydroxylation sites is 1. The molecular weight excluding hydrogens is 781 g/mol. The fourth-order valence-electron chi connectivity index (χ4n) is 9.36. The fourth-order valence-corrected chi connectivity index (χ4v) is 9.36. The molecule has 11 nitrogen and oxygen atoms in total. The largest absolute Gasteiger partial charge is 0.508 e. The lowest BCUT2D eigenvalue weighted by molar-refractivity contribution is -0.00422. The van der Waals surface area contributed by atoms with Crippen LogP contribution in [0.25, 0.3) is 0 Å². The quantitative estimate of drug-likeness (QED) is 0.0716. The first-order valence-electron chi connectivity index (χ1n) is 22.2. The van der Waals surface area contributed by atoms with Crippen molar-refractivity contribution in [3.05, 3.63) is 149 Å². The number of amides is 1. The zero-order valence-electron chi connectivity index (χ0n) is 35.7. The fraction of sp³-hybridized carbons (Fsp3) is 0.412. The molecule has 2 N–H and O–H groups in total. The highest BCUT2D eigenvalue weighted by Gasteiger charge is 2.44. The first kappa shape index (κ1) is 43.2. The van der Waals surface area contributed by atoms with Crippen molar-refractivity contribution in [1.82, 2.24) is 10.3 Å². The van der Waals surface area contributed by atoms with Crippen LogP contribution in [0.1, 0.15) is 63.7 Å². The van der Waals surface area contributed by atoms with E-state index < -0.39 is 0 Å². The summed E-state index contributed by atoms with van der Waals surface area (Å²) in [6, 6.07) is 39.3. The Morgan fingerprint density at radius 2 is 1.34 bits per heavy atom. The van der Waals surface area contributed by atoms with Crippen LogP contribution in [0.15, 0.2) is 121 Å². The van der Waals surface area contributed by atoms with E-state index in [9.17, 15) is 9.90 Å². The number of benzene rings is 4.